The van der Waals surface area contributed by atoms with Gasteiger partial charge in [0.25, 0.3) is 0 Å². The molecular formula is C19H18N4O2. The lowest BCUT2D eigenvalue weighted by atomic mass is 10.1. The molecule has 0 saturated carbocycles. The molecule has 126 valence electrons. The predicted octanol–water partition coefficient (Wildman–Crippen LogP) is 3.30. The summed E-state index contributed by atoms with van der Waals surface area (Å²) in [6, 6.07) is 14.9. The number of hydrogen-bond acceptors (Lipinski definition) is 5. The van der Waals surface area contributed by atoms with Gasteiger partial charge in [0, 0.05) is 22.9 Å². The van der Waals surface area contributed by atoms with Crippen LogP contribution in [-0.4, -0.2) is 23.0 Å². The third kappa shape index (κ3) is 3.58. The standard InChI is InChI=1S/C19H18N4O2/c1-12-7-8-13(9-15(12)19(20)24)23-18-10-16(21-11-22-18)14-5-3-4-6-17(14)25-2/h3-11H,1-2H3,(H2,20,24)(H,21,22,23). The lowest BCUT2D eigenvalue weighted by Crippen LogP contribution is -2.13. The second-order valence-electron chi connectivity index (χ2n) is 5.51. The van der Waals surface area contributed by atoms with E-state index in [1.807, 2.05) is 49.4 Å². The van der Waals surface area contributed by atoms with Gasteiger partial charge < -0.3 is 15.8 Å². The van der Waals surface area contributed by atoms with Gasteiger partial charge in [-0.15, -0.1) is 0 Å². The quantitative estimate of drug-likeness (QED) is 0.747. The summed E-state index contributed by atoms with van der Waals surface area (Å²) in [4.78, 5) is 20.0. The molecule has 6 heteroatoms. The van der Waals surface area contributed by atoms with Crippen molar-refractivity contribution in [3.05, 3.63) is 66.0 Å². The second kappa shape index (κ2) is 7.00. The number of nitrogens with one attached hydrogen (secondary N) is 1. The highest BCUT2D eigenvalue weighted by atomic mass is 16.5. The van der Waals surface area contributed by atoms with Gasteiger partial charge in [-0.3, -0.25) is 4.79 Å². The molecular weight excluding hydrogens is 316 g/mol. The number of carbonyl (C=O) groups is 1. The van der Waals surface area contributed by atoms with E-state index in [1.54, 1.807) is 13.2 Å². The Morgan fingerprint density at radius 3 is 2.68 bits per heavy atom. The summed E-state index contributed by atoms with van der Waals surface area (Å²) in [6.45, 7) is 1.84. The molecule has 3 N–H and O–H groups in total. The number of benzene rings is 2. The number of nitrogens with two attached hydrogens (primary N) is 1. The Bertz CT molecular complexity index is 925. The number of para-hydroxylation sites is 1. The van der Waals surface area contributed by atoms with Crippen molar-refractivity contribution in [2.24, 2.45) is 5.73 Å². The fourth-order valence-electron chi connectivity index (χ4n) is 2.54. The van der Waals surface area contributed by atoms with Gasteiger partial charge in [-0.1, -0.05) is 18.2 Å². The molecule has 0 atom stereocenters. The normalized spacial score (nSPS) is 10.3. The van der Waals surface area contributed by atoms with Crippen LogP contribution in [0.15, 0.2) is 54.9 Å². The van der Waals surface area contributed by atoms with Gasteiger partial charge in [0.2, 0.25) is 5.91 Å². The predicted molar refractivity (Wildman–Crippen MR) is 97.0 cm³/mol. The molecule has 1 aromatic heterocycles. The molecule has 0 aliphatic rings. The molecule has 0 saturated heterocycles. The number of nitrogens with zero attached hydrogens (tertiary/aromatic N) is 2. The molecule has 0 bridgehead atoms. The van der Waals surface area contributed by atoms with E-state index in [9.17, 15) is 4.79 Å². The van der Waals surface area contributed by atoms with Crippen LogP contribution in [-0.2, 0) is 0 Å². The van der Waals surface area contributed by atoms with Crippen LogP contribution >= 0.6 is 0 Å². The average Bonchev–Trinajstić information content (AvgIpc) is 2.63. The molecule has 0 fully saturated rings. The van der Waals surface area contributed by atoms with Crippen LogP contribution in [0.1, 0.15) is 15.9 Å². The summed E-state index contributed by atoms with van der Waals surface area (Å²) in [6.07, 6.45) is 1.48. The summed E-state index contributed by atoms with van der Waals surface area (Å²) >= 11 is 0. The first-order valence-electron chi connectivity index (χ1n) is 7.71. The minimum absolute atomic E-state index is 0.460. The van der Waals surface area contributed by atoms with E-state index in [2.05, 4.69) is 15.3 Å². The zero-order chi connectivity index (χ0) is 17.8. The minimum Gasteiger partial charge on any atom is -0.496 e. The summed E-state index contributed by atoms with van der Waals surface area (Å²) in [5, 5.41) is 3.17. The van der Waals surface area contributed by atoms with Crippen LogP contribution in [0.4, 0.5) is 11.5 Å². The van der Waals surface area contributed by atoms with Crippen molar-refractivity contribution in [3.8, 4) is 17.0 Å². The van der Waals surface area contributed by atoms with E-state index in [0.29, 0.717) is 11.4 Å². The number of anilines is 2. The molecule has 3 rings (SSSR count). The van der Waals surface area contributed by atoms with Gasteiger partial charge in [-0.2, -0.15) is 0 Å². The highest BCUT2D eigenvalue weighted by Crippen LogP contribution is 2.29. The van der Waals surface area contributed by atoms with E-state index < -0.39 is 5.91 Å². The van der Waals surface area contributed by atoms with Crippen molar-refractivity contribution in [1.82, 2.24) is 9.97 Å². The van der Waals surface area contributed by atoms with E-state index in [4.69, 9.17) is 10.5 Å². The zero-order valence-electron chi connectivity index (χ0n) is 14.0. The fourth-order valence-corrected chi connectivity index (χ4v) is 2.54. The van der Waals surface area contributed by atoms with Gasteiger partial charge in [-0.05, 0) is 36.8 Å². The van der Waals surface area contributed by atoms with Crippen LogP contribution in [0.3, 0.4) is 0 Å². The maximum absolute atomic E-state index is 11.5. The number of aromatic nitrogens is 2. The molecule has 0 aliphatic heterocycles. The largest absolute Gasteiger partial charge is 0.496 e. The summed E-state index contributed by atoms with van der Waals surface area (Å²) < 4.78 is 5.38. The van der Waals surface area contributed by atoms with Crippen molar-refractivity contribution in [2.45, 2.75) is 6.92 Å². The number of carbonyl (C=O) groups excluding carboxylic acids is 1. The van der Waals surface area contributed by atoms with Crippen molar-refractivity contribution >= 4 is 17.4 Å². The summed E-state index contributed by atoms with van der Waals surface area (Å²) in [7, 11) is 1.62. The first-order chi connectivity index (χ1) is 12.1. The first-order valence-corrected chi connectivity index (χ1v) is 7.71. The topological polar surface area (TPSA) is 90.1 Å². The Balaban J connectivity index is 1.93. The number of rotatable bonds is 5. The van der Waals surface area contributed by atoms with E-state index >= 15 is 0 Å². The highest BCUT2D eigenvalue weighted by Gasteiger charge is 2.09. The number of ether oxygens (including phenoxy) is 1. The lowest BCUT2D eigenvalue weighted by molar-refractivity contribution is 0.1000. The number of primary amides is 1. The van der Waals surface area contributed by atoms with Gasteiger partial charge >= 0.3 is 0 Å². The Kier molecular flexibility index (Phi) is 4.61. The molecule has 25 heavy (non-hydrogen) atoms. The first kappa shape index (κ1) is 16.4. The third-order valence-corrected chi connectivity index (χ3v) is 3.83. The Morgan fingerprint density at radius 2 is 1.92 bits per heavy atom. The number of aryl methyl sites for hydroxylation is 1. The van der Waals surface area contributed by atoms with E-state index in [-0.39, 0.29) is 0 Å². The van der Waals surface area contributed by atoms with Gasteiger partial charge in [0.05, 0.1) is 12.8 Å². The van der Waals surface area contributed by atoms with Crippen LogP contribution in [0.5, 0.6) is 5.75 Å². The molecule has 0 unspecified atom stereocenters. The van der Waals surface area contributed by atoms with Crippen molar-refractivity contribution in [3.63, 3.8) is 0 Å². The van der Waals surface area contributed by atoms with Crippen molar-refractivity contribution in [2.75, 3.05) is 12.4 Å². The van der Waals surface area contributed by atoms with E-state index in [0.717, 1.165) is 28.3 Å². The van der Waals surface area contributed by atoms with Crippen LogP contribution < -0.4 is 15.8 Å². The van der Waals surface area contributed by atoms with E-state index in [1.165, 1.54) is 6.33 Å². The van der Waals surface area contributed by atoms with Crippen LogP contribution in [0.2, 0.25) is 0 Å². The molecule has 3 aromatic rings. The molecule has 0 spiro atoms. The SMILES string of the molecule is COc1ccccc1-c1cc(Nc2ccc(C)c(C(N)=O)c2)ncn1. The molecule has 0 aliphatic carbocycles. The maximum atomic E-state index is 11.5. The lowest BCUT2D eigenvalue weighted by Gasteiger charge is -2.11. The molecule has 2 aromatic carbocycles. The Hall–Kier alpha value is -3.41. The summed E-state index contributed by atoms with van der Waals surface area (Å²) in [5.41, 5.74) is 9.04. The fraction of sp³-hybridized carbons (Fsp3) is 0.105. The maximum Gasteiger partial charge on any atom is 0.249 e. The minimum atomic E-state index is -0.460. The third-order valence-electron chi connectivity index (χ3n) is 3.83. The molecule has 6 nitrogen and oxygen atoms in total. The number of methoxy groups -OCH3 is 1. The van der Waals surface area contributed by atoms with Crippen molar-refractivity contribution < 1.29 is 9.53 Å². The second-order valence-corrected chi connectivity index (χ2v) is 5.51. The smallest absolute Gasteiger partial charge is 0.249 e. The summed E-state index contributed by atoms with van der Waals surface area (Å²) in [5.74, 6) is 0.882. The number of hydrogen-bond donors (Lipinski definition) is 2. The van der Waals surface area contributed by atoms with Crippen LogP contribution in [0, 0.1) is 6.92 Å². The molecule has 0 radical (unpaired) electrons. The zero-order valence-corrected chi connectivity index (χ0v) is 14.0. The Labute approximate surface area is 145 Å². The van der Waals surface area contributed by atoms with Gasteiger partial charge in [0.15, 0.2) is 0 Å². The van der Waals surface area contributed by atoms with Gasteiger partial charge in [0.1, 0.15) is 17.9 Å². The average molecular weight is 334 g/mol. The molecule has 1 amide bonds. The highest BCUT2D eigenvalue weighted by molar-refractivity contribution is 5.95. The van der Waals surface area contributed by atoms with Crippen LogP contribution in [0.25, 0.3) is 11.3 Å². The Morgan fingerprint density at radius 1 is 1.12 bits per heavy atom. The van der Waals surface area contributed by atoms with Crippen molar-refractivity contribution in [1.29, 1.82) is 0 Å². The monoisotopic (exact) mass is 334 g/mol. The van der Waals surface area contributed by atoms with Gasteiger partial charge in [-0.25, -0.2) is 9.97 Å². The molecule has 1 heterocycles. The number of amides is 1.